The van der Waals surface area contributed by atoms with Crippen molar-refractivity contribution in [1.29, 1.82) is 0 Å². The monoisotopic (exact) mass is 423 g/mol. The molecule has 2 rings (SSSR count). The predicted octanol–water partition coefficient (Wildman–Crippen LogP) is 6.76. The Hall–Kier alpha value is -0.870. The van der Waals surface area contributed by atoms with Gasteiger partial charge in [-0.25, -0.2) is 0 Å². The lowest BCUT2D eigenvalue weighted by Gasteiger charge is -2.44. The van der Waals surface area contributed by atoms with Crippen LogP contribution in [0.15, 0.2) is 12.1 Å². The number of nitrogen functional groups attached to an aromatic ring is 1. The van der Waals surface area contributed by atoms with Crippen LogP contribution in [0.4, 0.5) is 5.69 Å². The number of nitrogens with two attached hydrogens (primary N) is 1. The average Bonchev–Trinajstić information content (AvgIpc) is 2.93. The van der Waals surface area contributed by atoms with Crippen LogP contribution in [-0.4, -0.2) is 18.0 Å². The second-order valence-corrected chi connectivity index (χ2v) is 9.54. The van der Waals surface area contributed by atoms with Gasteiger partial charge < -0.3 is 15.6 Å². The van der Waals surface area contributed by atoms with Crippen LogP contribution in [-0.2, 0) is 12.0 Å². The number of thiol groups is 1. The minimum atomic E-state index is -0.903. The number of unbranched alkanes of at least 4 members (excludes halogenated alkanes) is 3. The Balaban J connectivity index is 0.000000960. The molecule has 0 aliphatic heterocycles. The lowest BCUT2D eigenvalue weighted by atomic mass is 9.65. The van der Waals surface area contributed by atoms with E-state index in [1.165, 1.54) is 19.3 Å². The summed E-state index contributed by atoms with van der Waals surface area (Å²) < 4.78 is 5.65. The van der Waals surface area contributed by atoms with Crippen LogP contribution in [0.1, 0.15) is 97.1 Å². The first-order chi connectivity index (χ1) is 13.7. The lowest BCUT2D eigenvalue weighted by Crippen LogP contribution is -2.45. The number of methoxy groups -OCH3 is 1. The molecule has 0 fully saturated rings. The van der Waals surface area contributed by atoms with E-state index in [4.69, 9.17) is 10.5 Å². The van der Waals surface area contributed by atoms with Crippen LogP contribution < -0.4 is 10.5 Å². The SMILES string of the molecule is CCCC.CCCC(CCCCCS)C1(O)c2c(OC)ccc(N)c2CC1(C)C. The first-order valence-electron chi connectivity index (χ1n) is 11.5. The predicted molar refractivity (Wildman–Crippen MR) is 130 cm³/mol. The first-order valence-corrected chi connectivity index (χ1v) is 12.2. The highest BCUT2D eigenvalue weighted by molar-refractivity contribution is 7.80. The zero-order chi connectivity index (χ0) is 22.1. The number of rotatable bonds is 10. The summed E-state index contributed by atoms with van der Waals surface area (Å²) >= 11 is 4.31. The van der Waals surface area contributed by atoms with Gasteiger partial charge in [-0.1, -0.05) is 66.7 Å². The fraction of sp³-hybridized carbons (Fsp3) is 0.760. The Morgan fingerprint density at radius 1 is 1.07 bits per heavy atom. The van der Waals surface area contributed by atoms with E-state index in [2.05, 4.69) is 47.2 Å². The molecule has 0 bridgehead atoms. The lowest BCUT2D eigenvalue weighted by molar-refractivity contribution is -0.114. The molecule has 0 saturated heterocycles. The van der Waals surface area contributed by atoms with Gasteiger partial charge in [0.2, 0.25) is 0 Å². The van der Waals surface area contributed by atoms with Crippen molar-refractivity contribution in [2.24, 2.45) is 11.3 Å². The Morgan fingerprint density at radius 2 is 1.72 bits per heavy atom. The fourth-order valence-electron chi connectivity index (χ4n) is 4.68. The van der Waals surface area contributed by atoms with Gasteiger partial charge in [-0.2, -0.15) is 12.6 Å². The molecule has 168 valence electrons. The van der Waals surface area contributed by atoms with E-state index in [-0.39, 0.29) is 11.3 Å². The fourth-order valence-corrected chi connectivity index (χ4v) is 4.91. The molecule has 1 aliphatic carbocycles. The number of benzene rings is 1. The van der Waals surface area contributed by atoms with Crippen molar-refractivity contribution < 1.29 is 9.84 Å². The summed E-state index contributed by atoms with van der Waals surface area (Å²) in [6.07, 6.45) is 9.97. The van der Waals surface area contributed by atoms with Gasteiger partial charge >= 0.3 is 0 Å². The van der Waals surface area contributed by atoms with Gasteiger partial charge in [0, 0.05) is 16.7 Å². The molecule has 1 aromatic carbocycles. The third-order valence-corrected chi connectivity index (χ3v) is 6.82. The number of ether oxygens (including phenoxy) is 1. The highest BCUT2D eigenvalue weighted by Gasteiger charge is 2.57. The van der Waals surface area contributed by atoms with Gasteiger partial charge in [-0.05, 0) is 55.1 Å². The molecule has 1 aliphatic rings. The molecule has 29 heavy (non-hydrogen) atoms. The van der Waals surface area contributed by atoms with Gasteiger partial charge in [0.25, 0.3) is 0 Å². The summed E-state index contributed by atoms with van der Waals surface area (Å²) in [5, 5.41) is 12.1. The summed E-state index contributed by atoms with van der Waals surface area (Å²) in [5.41, 5.74) is 7.89. The van der Waals surface area contributed by atoms with E-state index >= 15 is 0 Å². The molecular formula is C25H45NO2S. The molecule has 1 aromatic rings. The highest BCUT2D eigenvalue weighted by Crippen LogP contribution is 2.59. The summed E-state index contributed by atoms with van der Waals surface area (Å²) in [6.45, 7) is 10.9. The van der Waals surface area contributed by atoms with Gasteiger partial charge in [0.1, 0.15) is 11.4 Å². The standard InChI is InChI=1S/C21H35NO2S.C4H10/c1-5-9-15(10-7-6-8-13-25)21(23)19-16(14-20(21,2)3)17(22)11-12-18(19)24-4;1-3-4-2/h11-12,15,23,25H,5-10,13-14,22H2,1-4H3;3-4H2,1-2H3. The van der Waals surface area contributed by atoms with Crippen molar-refractivity contribution >= 4 is 18.3 Å². The number of anilines is 1. The Morgan fingerprint density at radius 3 is 2.24 bits per heavy atom. The zero-order valence-corrected chi connectivity index (χ0v) is 20.6. The molecule has 0 aromatic heterocycles. The molecule has 0 amide bonds. The van der Waals surface area contributed by atoms with Crippen molar-refractivity contribution in [3.63, 3.8) is 0 Å². The van der Waals surface area contributed by atoms with Gasteiger partial charge in [0.15, 0.2) is 0 Å². The summed E-state index contributed by atoms with van der Waals surface area (Å²) in [5.74, 6) is 1.92. The van der Waals surface area contributed by atoms with Gasteiger partial charge in [-0.15, -0.1) is 0 Å². The molecule has 3 N–H and O–H groups in total. The normalized spacial score (nSPS) is 20.6. The van der Waals surface area contributed by atoms with Crippen molar-refractivity contribution in [3.05, 3.63) is 23.3 Å². The molecule has 0 spiro atoms. The Bertz CT molecular complexity index is 615. The zero-order valence-electron chi connectivity index (χ0n) is 19.7. The number of hydrogen-bond acceptors (Lipinski definition) is 4. The van der Waals surface area contributed by atoms with Crippen molar-refractivity contribution in [2.45, 2.75) is 98.0 Å². The molecule has 4 heteroatoms. The second-order valence-electron chi connectivity index (χ2n) is 9.10. The first kappa shape index (κ1) is 26.2. The van der Waals surface area contributed by atoms with Gasteiger partial charge in [0.05, 0.1) is 7.11 Å². The topological polar surface area (TPSA) is 55.5 Å². The van der Waals surface area contributed by atoms with E-state index < -0.39 is 5.60 Å². The maximum absolute atomic E-state index is 12.1. The summed E-state index contributed by atoms with van der Waals surface area (Å²) in [4.78, 5) is 0. The van der Waals surface area contributed by atoms with E-state index in [0.29, 0.717) is 0 Å². The third-order valence-electron chi connectivity index (χ3n) is 6.50. The molecule has 0 heterocycles. The number of hydrogen-bond donors (Lipinski definition) is 3. The van der Waals surface area contributed by atoms with Gasteiger partial charge in [-0.3, -0.25) is 0 Å². The van der Waals surface area contributed by atoms with E-state index in [0.717, 1.165) is 66.8 Å². The molecule has 2 unspecified atom stereocenters. The van der Waals surface area contributed by atoms with Crippen molar-refractivity contribution in [3.8, 4) is 5.75 Å². The molecule has 2 atom stereocenters. The van der Waals surface area contributed by atoms with Crippen molar-refractivity contribution in [2.75, 3.05) is 18.6 Å². The third kappa shape index (κ3) is 5.85. The molecular weight excluding hydrogens is 378 g/mol. The van der Waals surface area contributed by atoms with Crippen LogP contribution in [0.2, 0.25) is 0 Å². The van der Waals surface area contributed by atoms with Crippen LogP contribution >= 0.6 is 12.6 Å². The summed E-state index contributed by atoms with van der Waals surface area (Å²) in [6, 6.07) is 3.81. The van der Waals surface area contributed by atoms with E-state index in [1.54, 1.807) is 7.11 Å². The van der Waals surface area contributed by atoms with Crippen LogP contribution in [0.3, 0.4) is 0 Å². The second kappa shape index (κ2) is 12.1. The van der Waals surface area contributed by atoms with Crippen LogP contribution in [0.25, 0.3) is 0 Å². The quantitative estimate of drug-likeness (QED) is 0.221. The summed E-state index contributed by atoms with van der Waals surface area (Å²) in [7, 11) is 1.68. The highest BCUT2D eigenvalue weighted by atomic mass is 32.1. The Kier molecular flexibility index (Phi) is 10.9. The minimum Gasteiger partial charge on any atom is -0.496 e. The van der Waals surface area contributed by atoms with E-state index in [1.807, 2.05) is 12.1 Å². The molecule has 0 saturated carbocycles. The minimum absolute atomic E-state index is 0.212. The number of fused-ring (bicyclic) bond motifs is 1. The number of aliphatic hydroxyl groups is 1. The van der Waals surface area contributed by atoms with E-state index in [9.17, 15) is 5.11 Å². The maximum atomic E-state index is 12.1. The van der Waals surface area contributed by atoms with Crippen molar-refractivity contribution in [1.82, 2.24) is 0 Å². The smallest absolute Gasteiger partial charge is 0.125 e. The maximum Gasteiger partial charge on any atom is 0.125 e. The van der Waals surface area contributed by atoms with Crippen LogP contribution in [0.5, 0.6) is 5.75 Å². The van der Waals surface area contributed by atoms with Crippen LogP contribution in [0, 0.1) is 11.3 Å². The Labute approximate surface area is 185 Å². The molecule has 0 radical (unpaired) electrons. The average molecular weight is 424 g/mol. The largest absolute Gasteiger partial charge is 0.496 e. The molecule has 3 nitrogen and oxygen atoms in total.